The molecule has 1 heterocycles. The van der Waals surface area contributed by atoms with Crippen LogP contribution in [0.25, 0.3) is 0 Å². The van der Waals surface area contributed by atoms with Gasteiger partial charge in [0, 0.05) is 6.42 Å². The quantitative estimate of drug-likeness (QED) is 0.844. The monoisotopic (exact) mass is 249 g/mol. The van der Waals surface area contributed by atoms with Crippen molar-refractivity contribution in [2.24, 2.45) is 0 Å². The third-order valence-electron chi connectivity index (χ3n) is 3.10. The Hall–Kier alpha value is -1.55. The third-order valence-corrected chi connectivity index (χ3v) is 3.10. The lowest BCUT2D eigenvalue weighted by Crippen LogP contribution is -2.43. The zero-order valence-corrected chi connectivity index (χ0v) is 10.7. The molecule has 0 aromatic heterocycles. The van der Waals surface area contributed by atoms with Gasteiger partial charge in [-0.3, -0.25) is 4.79 Å². The van der Waals surface area contributed by atoms with Crippen LogP contribution in [-0.4, -0.2) is 29.3 Å². The number of rotatable bonds is 4. The van der Waals surface area contributed by atoms with Gasteiger partial charge in [-0.2, -0.15) is 0 Å². The number of hydrogen-bond acceptors (Lipinski definition) is 3. The minimum Gasteiger partial charge on any atom is -0.488 e. The van der Waals surface area contributed by atoms with Gasteiger partial charge in [-0.1, -0.05) is 18.2 Å². The molecule has 1 aromatic carbocycles. The number of amides is 1. The van der Waals surface area contributed by atoms with E-state index in [1.807, 2.05) is 31.2 Å². The fourth-order valence-electron chi connectivity index (χ4n) is 2.16. The molecule has 2 N–H and O–H groups in total. The van der Waals surface area contributed by atoms with Crippen molar-refractivity contribution < 1.29 is 14.6 Å². The molecule has 3 unspecified atom stereocenters. The number of nitrogens with one attached hydrogen (secondary N) is 1. The number of hydrogen-bond donors (Lipinski definition) is 2. The highest BCUT2D eigenvalue weighted by atomic mass is 16.5. The Morgan fingerprint density at radius 1 is 1.50 bits per heavy atom. The molecule has 1 aliphatic rings. The number of fused-ring (bicyclic) bond motifs is 1. The number of carbonyl (C=O) groups is 1. The van der Waals surface area contributed by atoms with E-state index in [4.69, 9.17) is 9.84 Å². The fourth-order valence-corrected chi connectivity index (χ4v) is 2.16. The Bertz CT molecular complexity index is 406. The summed E-state index contributed by atoms with van der Waals surface area (Å²) in [5.41, 5.74) is 1.18. The van der Waals surface area contributed by atoms with Gasteiger partial charge < -0.3 is 15.2 Å². The average molecular weight is 249 g/mol. The molecule has 1 aromatic rings. The van der Waals surface area contributed by atoms with Crippen molar-refractivity contribution in [1.29, 1.82) is 0 Å². The lowest BCUT2D eigenvalue weighted by atomic mass is 10.1. The first-order chi connectivity index (χ1) is 8.56. The molecule has 98 valence electrons. The molecule has 1 aliphatic heterocycles. The van der Waals surface area contributed by atoms with Gasteiger partial charge >= 0.3 is 0 Å². The van der Waals surface area contributed by atoms with E-state index in [1.165, 1.54) is 5.56 Å². The summed E-state index contributed by atoms with van der Waals surface area (Å²) < 4.78 is 5.80. The molecule has 0 spiro atoms. The molecule has 1 amide bonds. The first-order valence-electron chi connectivity index (χ1n) is 6.28. The van der Waals surface area contributed by atoms with Crippen LogP contribution in [0.5, 0.6) is 5.75 Å². The van der Waals surface area contributed by atoms with Gasteiger partial charge in [0.25, 0.3) is 0 Å². The molecule has 2 rings (SSSR count). The lowest BCUT2D eigenvalue weighted by Gasteiger charge is -2.20. The van der Waals surface area contributed by atoms with Crippen LogP contribution in [0.15, 0.2) is 24.3 Å². The van der Waals surface area contributed by atoms with E-state index in [1.54, 1.807) is 6.92 Å². The summed E-state index contributed by atoms with van der Waals surface area (Å²) in [6.07, 6.45) is 0.301. The highest BCUT2D eigenvalue weighted by molar-refractivity contribution is 5.76. The maximum Gasteiger partial charge on any atom is 0.222 e. The molecule has 4 nitrogen and oxygen atoms in total. The van der Waals surface area contributed by atoms with Gasteiger partial charge in [0.2, 0.25) is 5.91 Å². The van der Waals surface area contributed by atoms with E-state index < -0.39 is 6.10 Å². The Morgan fingerprint density at radius 3 is 2.89 bits per heavy atom. The van der Waals surface area contributed by atoms with Crippen molar-refractivity contribution in [3.63, 3.8) is 0 Å². The van der Waals surface area contributed by atoms with Gasteiger partial charge in [-0.05, 0) is 25.5 Å². The van der Waals surface area contributed by atoms with E-state index in [0.717, 1.165) is 12.2 Å². The molecule has 0 bridgehead atoms. The second-order valence-electron chi connectivity index (χ2n) is 4.88. The van der Waals surface area contributed by atoms with Crippen molar-refractivity contribution in [2.75, 3.05) is 0 Å². The minimum absolute atomic E-state index is 0.0275. The number of aliphatic hydroxyl groups is 1. The van der Waals surface area contributed by atoms with Crippen LogP contribution in [-0.2, 0) is 11.2 Å². The summed E-state index contributed by atoms with van der Waals surface area (Å²) in [6.45, 7) is 3.53. The summed E-state index contributed by atoms with van der Waals surface area (Å²) >= 11 is 0. The van der Waals surface area contributed by atoms with Crippen LogP contribution < -0.4 is 10.1 Å². The topological polar surface area (TPSA) is 58.6 Å². The second-order valence-corrected chi connectivity index (χ2v) is 4.88. The fraction of sp³-hybridized carbons (Fsp3) is 0.500. The average Bonchev–Trinajstić information content (AvgIpc) is 2.71. The van der Waals surface area contributed by atoms with Crippen LogP contribution in [0, 0.1) is 0 Å². The Kier molecular flexibility index (Phi) is 3.87. The predicted octanol–water partition coefficient (Wildman–Crippen LogP) is 1.27. The number of carbonyl (C=O) groups excluding carboxylic acids is 1. The zero-order chi connectivity index (χ0) is 13.1. The first-order valence-corrected chi connectivity index (χ1v) is 6.28. The van der Waals surface area contributed by atoms with Crippen LogP contribution in [0.2, 0.25) is 0 Å². The van der Waals surface area contributed by atoms with Gasteiger partial charge in [0.15, 0.2) is 0 Å². The number of para-hydroxylation sites is 1. The molecule has 3 atom stereocenters. The highest BCUT2D eigenvalue weighted by Gasteiger charge is 2.28. The Morgan fingerprint density at radius 2 is 2.22 bits per heavy atom. The van der Waals surface area contributed by atoms with E-state index in [9.17, 15) is 4.79 Å². The van der Waals surface area contributed by atoms with E-state index in [0.29, 0.717) is 0 Å². The molecule has 18 heavy (non-hydrogen) atoms. The Balaban J connectivity index is 1.89. The summed E-state index contributed by atoms with van der Waals surface area (Å²) in [5.74, 6) is 0.760. The first kappa shape index (κ1) is 12.9. The lowest BCUT2D eigenvalue weighted by molar-refractivity contribution is -0.123. The van der Waals surface area contributed by atoms with Crippen LogP contribution in [0.4, 0.5) is 0 Å². The van der Waals surface area contributed by atoms with Crippen molar-refractivity contribution in [2.45, 2.75) is 44.9 Å². The summed E-state index contributed by atoms with van der Waals surface area (Å²) in [6, 6.07) is 7.85. The second kappa shape index (κ2) is 5.40. The molecular formula is C14H19NO3. The summed E-state index contributed by atoms with van der Waals surface area (Å²) in [5, 5.41) is 12.0. The minimum atomic E-state index is -0.612. The zero-order valence-electron chi connectivity index (χ0n) is 10.7. The maximum absolute atomic E-state index is 11.6. The van der Waals surface area contributed by atoms with Gasteiger partial charge in [0.1, 0.15) is 11.9 Å². The van der Waals surface area contributed by atoms with E-state index >= 15 is 0 Å². The number of benzene rings is 1. The van der Waals surface area contributed by atoms with Gasteiger partial charge in [0.05, 0.1) is 18.6 Å². The van der Waals surface area contributed by atoms with Crippen molar-refractivity contribution in [3.05, 3.63) is 29.8 Å². The number of aliphatic hydroxyl groups excluding tert-OH is 1. The van der Waals surface area contributed by atoms with Crippen LogP contribution in [0.3, 0.4) is 0 Å². The van der Waals surface area contributed by atoms with Gasteiger partial charge in [-0.25, -0.2) is 0 Å². The SMILES string of the molecule is CC(O)CC(=O)NC(C)C1Cc2ccccc2O1. The largest absolute Gasteiger partial charge is 0.488 e. The maximum atomic E-state index is 11.6. The molecule has 0 aliphatic carbocycles. The van der Waals surface area contributed by atoms with Crippen molar-refractivity contribution in [3.8, 4) is 5.75 Å². The summed E-state index contributed by atoms with van der Waals surface area (Å²) in [7, 11) is 0. The van der Waals surface area contributed by atoms with E-state index in [2.05, 4.69) is 5.32 Å². The summed E-state index contributed by atoms with van der Waals surface area (Å²) in [4.78, 5) is 11.6. The normalized spacial score (nSPS) is 20.7. The molecular weight excluding hydrogens is 230 g/mol. The standard InChI is InChI=1S/C14H19NO3/c1-9(16)7-14(17)15-10(2)13-8-11-5-3-4-6-12(11)18-13/h3-6,9-10,13,16H,7-8H2,1-2H3,(H,15,17). The highest BCUT2D eigenvalue weighted by Crippen LogP contribution is 2.29. The van der Waals surface area contributed by atoms with Crippen molar-refractivity contribution >= 4 is 5.91 Å². The molecule has 4 heteroatoms. The smallest absolute Gasteiger partial charge is 0.222 e. The molecule has 0 radical (unpaired) electrons. The molecule has 0 fully saturated rings. The predicted molar refractivity (Wildman–Crippen MR) is 68.5 cm³/mol. The molecule has 0 saturated carbocycles. The number of ether oxygens (including phenoxy) is 1. The van der Waals surface area contributed by atoms with Gasteiger partial charge in [-0.15, -0.1) is 0 Å². The van der Waals surface area contributed by atoms with Crippen molar-refractivity contribution in [1.82, 2.24) is 5.32 Å². The van der Waals surface area contributed by atoms with Crippen LogP contribution in [0.1, 0.15) is 25.8 Å². The third kappa shape index (κ3) is 3.01. The Labute approximate surface area is 107 Å². The van der Waals surface area contributed by atoms with Crippen LogP contribution >= 0.6 is 0 Å². The van der Waals surface area contributed by atoms with E-state index in [-0.39, 0.29) is 24.5 Å². The molecule has 0 saturated heterocycles.